The van der Waals surface area contributed by atoms with Gasteiger partial charge in [-0.15, -0.1) is 0 Å². The van der Waals surface area contributed by atoms with Crippen LogP contribution in [0.15, 0.2) is 36.4 Å². The summed E-state index contributed by atoms with van der Waals surface area (Å²) in [4.78, 5) is 0. The fraction of sp³-hybridized carbons (Fsp3) is 0.143. The van der Waals surface area contributed by atoms with Gasteiger partial charge in [0.15, 0.2) is 0 Å². The molecule has 0 amide bonds. The third-order valence-electron chi connectivity index (χ3n) is 2.74. The minimum atomic E-state index is 0.0511. The Labute approximate surface area is 111 Å². The van der Waals surface area contributed by atoms with Gasteiger partial charge in [0.1, 0.15) is 11.5 Å². The normalized spacial score (nSPS) is 10.3. The molecule has 2 aromatic rings. The zero-order valence-electron chi connectivity index (χ0n) is 9.94. The number of hydrogen-bond donors (Lipinski definition) is 3. The maximum Gasteiger partial charge on any atom is 0.124 e. The van der Waals surface area contributed by atoms with Crippen LogP contribution in [0, 0.1) is 6.92 Å². The Kier molecular flexibility index (Phi) is 3.63. The molecule has 0 saturated heterocycles. The fourth-order valence-corrected chi connectivity index (χ4v) is 1.85. The summed E-state index contributed by atoms with van der Waals surface area (Å²) >= 11 is 5.93. The maximum absolute atomic E-state index is 9.67. The highest BCUT2D eigenvalue weighted by atomic mass is 35.5. The second kappa shape index (κ2) is 5.19. The van der Waals surface area contributed by atoms with Crippen molar-refractivity contribution in [3.05, 3.63) is 52.5 Å². The number of aromatic hydroxyl groups is 2. The molecule has 0 aliphatic carbocycles. The van der Waals surface area contributed by atoms with Crippen molar-refractivity contribution in [1.82, 2.24) is 0 Å². The van der Waals surface area contributed by atoms with E-state index in [4.69, 9.17) is 11.6 Å². The number of aryl methyl sites for hydroxylation is 1. The first-order valence-electron chi connectivity index (χ1n) is 5.57. The summed E-state index contributed by atoms with van der Waals surface area (Å²) in [5.74, 6) is 0.123. The lowest BCUT2D eigenvalue weighted by atomic mass is 10.1. The van der Waals surface area contributed by atoms with Crippen molar-refractivity contribution in [3.8, 4) is 11.5 Å². The molecular formula is C14H14ClNO2. The summed E-state index contributed by atoms with van der Waals surface area (Å²) in [7, 11) is 0. The number of hydrogen-bond acceptors (Lipinski definition) is 3. The van der Waals surface area contributed by atoms with Crippen molar-refractivity contribution in [2.45, 2.75) is 13.5 Å². The molecule has 94 valence electrons. The van der Waals surface area contributed by atoms with E-state index >= 15 is 0 Å². The first-order chi connectivity index (χ1) is 8.56. The molecule has 0 spiro atoms. The number of phenolic OH excluding ortho intramolecular Hbond substituents is 2. The molecule has 0 aliphatic heterocycles. The Morgan fingerprint density at radius 2 is 1.89 bits per heavy atom. The molecule has 0 saturated carbocycles. The van der Waals surface area contributed by atoms with Crippen LogP contribution in [0.5, 0.6) is 11.5 Å². The molecule has 0 fully saturated rings. The van der Waals surface area contributed by atoms with Crippen molar-refractivity contribution >= 4 is 17.3 Å². The zero-order chi connectivity index (χ0) is 13.1. The Hall–Kier alpha value is -1.87. The average molecular weight is 264 g/mol. The molecule has 0 radical (unpaired) electrons. The number of phenols is 2. The van der Waals surface area contributed by atoms with Gasteiger partial charge in [-0.3, -0.25) is 0 Å². The SMILES string of the molecule is Cc1ccc(Cl)cc1NCc1ccc(O)cc1O. The molecule has 3 N–H and O–H groups in total. The number of halogens is 1. The molecule has 0 unspecified atom stereocenters. The van der Waals surface area contributed by atoms with Gasteiger partial charge in [-0.25, -0.2) is 0 Å². The predicted octanol–water partition coefficient (Wildman–Crippen LogP) is 3.67. The Morgan fingerprint density at radius 1 is 1.11 bits per heavy atom. The van der Waals surface area contributed by atoms with Crippen molar-refractivity contribution in [2.24, 2.45) is 0 Å². The summed E-state index contributed by atoms with van der Waals surface area (Å²) in [5, 5.41) is 22.7. The minimum Gasteiger partial charge on any atom is -0.508 e. The van der Waals surface area contributed by atoms with Crippen molar-refractivity contribution in [1.29, 1.82) is 0 Å². The van der Waals surface area contributed by atoms with E-state index in [1.54, 1.807) is 12.1 Å². The van der Waals surface area contributed by atoms with Crippen LogP contribution in [-0.4, -0.2) is 10.2 Å². The maximum atomic E-state index is 9.67. The van der Waals surface area contributed by atoms with Crippen LogP contribution in [0.1, 0.15) is 11.1 Å². The monoisotopic (exact) mass is 263 g/mol. The smallest absolute Gasteiger partial charge is 0.124 e. The minimum absolute atomic E-state index is 0.0511. The van der Waals surface area contributed by atoms with Gasteiger partial charge in [0.05, 0.1) is 0 Å². The molecule has 3 nitrogen and oxygen atoms in total. The number of anilines is 1. The number of nitrogens with one attached hydrogen (secondary N) is 1. The molecule has 0 aromatic heterocycles. The number of rotatable bonds is 3. The molecule has 0 bridgehead atoms. The highest BCUT2D eigenvalue weighted by Gasteiger charge is 2.04. The Balaban J connectivity index is 2.13. The Morgan fingerprint density at radius 3 is 2.61 bits per heavy atom. The van der Waals surface area contributed by atoms with Crippen LogP contribution in [0.2, 0.25) is 5.02 Å². The van der Waals surface area contributed by atoms with Gasteiger partial charge >= 0.3 is 0 Å². The van der Waals surface area contributed by atoms with E-state index in [0.29, 0.717) is 17.1 Å². The van der Waals surface area contributed by atoms with Gasteiger partial charge in [0.25, 0.3) is 0 Å². The highest BCUT2D eigenvalue weighted by Crippen LogP contribution is 2.25. The van der Waals surface area contributed by atoms with Gasteiger partial charge in [0.2, 0.25) is 0 Å². The highest BCUT2D eigenvalue weighted by molar-refractivity contribution is 6.30. The van der Waals surface area contributed by atoms with Crippen LogP contribution in [0.3, 0.4) is 0 Å². The van der Waals surface area contributed by atoms with Crippen LogP contribution >= 0.6 is 11.6 Å². The van der Waals surface area contributed by atoms with E-state index in [-0.39, 0.29) is 11.5 Å². The van der Waals surface area contributed by atoms with Gasteiger partial charge in [-0.1, -0.05) is 17.7 Å². The summed E-state index contributed by atoms with van der Waals surface area (Å²) in [6, 6.07) is 10.1. The van der Waals surface area contributed by atoms with Gasteiger partial charge in [0, 0.05) is 28.9 Å². The second-order valence-electron chi connectivity index (χ2n) is 4.13. The molecule has 0 heterocycles. The standard InChI is InChI=1S/C14H14ClNO2/c1-9-2-4-11(15)6-13(9)16-8-10-3-5-12(17)7-14(10)18/h2-7,16-18H,8H2,1H3. The molecule has 2 rings (SSSR count). The zero-order valence-corrected chi connectivity index (χ0v) is 10.7. The predicted molar refractivity (Wildman–Crippen MR) is 73.3 cm³/mol. The Bertz CT molecular complexity index is 570. The molecule has 18 heavy (non-hydrogen) atoms. The van der Waals surface area contributed by atoms with Crippen molar-refractivity contribution in [3.63, 3.8) is 0 Å². The van der Waals surface area contributed by atoms with Crippen LogP contribution < -0.4 is 5.32 Å². The lowest BCUT2D eigenvalue weighted by Gasteiger charge is -2.11. The topological polar surface area (TPSA) is 52.5 Å². The summed E-state index contributed by atoms with van der Waals surface area (Å²) in [6.45, 7) is 2.45. The molecule has 2 aromatic carbocycles. The van der Waals surface area contributed by atoms with E-state index in [2.05, 4.69) is 5.32 Å². The second-order valence-corrected chi connectivity index (χ2v) is 4.56. The largest absolute Gasteiger partial charge is 0.508 e. The summed E-state index contributed by atoms with van der Waals surface area (Å²) in [5.41, 5.74) is 2.72. The van der Waals surface area contributed by atoms with E-state index in [9.17, 15) is 10.2 Å². The lowest BCUT2D eigenvalue weighted by Crippen LogP contribution is -2.01. The lowest BCUT2D eigenvalue weighted by molar-refractivity contribution is 0.446. The van der Waals surface area contributed by atoms with Gasteiger partial charge in [-0.05, 0) is 36.8 Å². The van der Waals surface area contributed by atoms with Gasteiger partial charge < -0.3 is 15.5 Å². The quantitative estimate of drug-likeness (QED) is 0.792. The third-order valence-corrected chi connectivity index (χ3v) is 2.97. The van der Waals surface area contributed by atoms with E-state index in [0.717, 1.165) is 11.3 Å². The van der Waals surface area contributed by atoms with Crippen LogP contribution in [0.4, 0.5) is 5.69 Å². The third kappa shape index (κ3) is 2.87. The van der Waals surface area contributed by atoms with Crippen molar-refractivity contribution in [2.75, 3.05) is 5.32 Å². The first kappa shape index (κ1) is 12.6. The number of benzene rings is 2. The van der Waals surface area contributed by atoms with E-state index < -0.39 is 0 Å². The molecule has 0 atom stereocenters. The van der Waals surface area contributed by atoms with Crippen LogP contribution in [0.25, 0.3) is 0 Å². The van der Waals surface area contributed by atoms with Crippen LogP contribution in [-0.2, 0) is 6.54 Å². The first-order valence-corrected chi connectivity index (χ1v) is 5.95. The van der Waals surface area contributed by atoms with Gasteiger partial charge in [-0.2, -0.15) is 0 Å². The summed E-state index contributed by atoms with van der Waals surface area (Å²) < 4.78 is 0. The fourth-order valence-electron chi connectivity index (χ4n) is 1.68. The van der Waals surface area contributed by atoms with Crippen molar-refractivity contribution < 1.29 is 10.2 Å². The molecule has 0 aliphatic rings. The molecular weight excluding hydrogens is 250 g/mol. The molecule has 4 heteroatoms. The van der Waals surface area contributed by atoms with E-state index in [1.165, 1.54) is 6.07 Å². The average Bonchev–Trinajstić information content (AvgIpc) is 2.32. The summed E-state index contributed by atoms with van der Waals surface area (Å²) in [6.07, 6.45) is 0. The van der Waals surface area contributed by atoms with E-state index in [1.807, 2.05) is 25.1 Å².